The van der Waals surface area contributed by atoms with E-state index >= 15 is 0 Å². The van der Waals surface area contributed by atoms with Gasteiger partial charge in [-0.05, 0) is 32.4 Å². The van der Waals surface area contributed by atoms with Gasteiger partial charge in [0.15, 0.2) is 0 Å². The number of rotatable bonds is 3. The minimum absolute atomic E-state index is 0.0144. The van der Waals surface area contributed by atoms with Crippen LogP contribution in [0.5, 0.6) is 0 Å². The van der Waals surface area contributed by atoms with Crippen molar-refractivity contribution < 1.29 is 4.79 Å². The van der Waals surface area contributed by atoms with Crippen LogP contribution >= 0.6 is 11.3 Å². The molecule has 0 aliphatic rings. The molecule has 1 N–H and O–H groups in total. The summed E-state index contributed by atoms with van der Waals surface area (Å²) < 4.78 is 1.81. The zero-order valence-corrected chi connectivity index (χ0v) is 11.9. The van der Waals surface area contributed by atoms with Crippen molar-refractivity contribution in [2.75, 3.05) is 0 Å². The SMILES string of the molecule is Cc1cc(C(=O)NCc2cnn(C)c2C)sc1C. The summed E-state index contributed by atoms with van der Waals surface area (Å²) in [6.07, 6.45) is 1.79. The lowest BCUT2D eigenvalue weighted by atomic mass is 10.2. The first kappa shape index (κ1) is 12.8. The van der Waals surface area contributed by atoms with Crippen molar-refractivity contribution in [3.8, 4) is 0 Å². The van der Waals surface area contributed by atoms with Gasteiger partial charge in [0.25, 0.3) is 5.91 Å². The van der Waals surface area contributed by atoms with Crippen molar-refractivity contribution in [3.05, 3.63) is 38.8 Å². The van der Waals surface area contributed by atoms with E-state index in [1.807, 2.05) is 33.9 Å². The van der Waals surface area contributed by atoms with Crippen LogP contribution in [-0.2, 0) is 13.6 Å². The molecule has 0 aromatic carbocycles. The number of hydrogen-bond donors (Lipinski definition) is 1. The topological polar surface area (TPSA) is 46.9 Å². The summed E-state index contributed by atoms with van der Waals surface area (Å²) in [7, 11) is 1.90. The molecule has 0 fully saturated rings. The number of aryl methyl sites for hydroxylation is 3. The maximum Gasteiger partial charge on any atom is 0.261 e. The van der Waals surface area contributed by atoms with Crippen molar-refractivity contribution in [1.82, 2.24) is 15.1 Å². The van der Waals surface area contributed by atoms with Crippen LogP contribution in [0.3, 0.4) is 0 Å². The fraction of sp³-hybridized carbons (Fsp3) is 0.385. The van der Waals surface area contributed by atoms with Gasteiger partial charge in [-0.2, -0.15) is 5.10 Å². The van der Waals surface area contributed by atoms with E-state index in [0.29, 0.717) is 6.54 Å². The summed E-state index contributed by atoms with van der Waals surface area (Å²) in [4.78, 5) is 13.9. The third-order valence-corrected chi connectivity index (χ3v) is 4.32. The van der Waals surface area contributed by atoms with Gasteiger partial charge in [-0.25, -0.2) is 0 Å². The lowest BCUT2D eigenvalue weighted by Gasteiger charge is -2.03. The normalized spacial score (nSPS) is 10.7. The molecule has 2 heterocycles. The van der Waals surface area contributed by atoms with Crippen LogP contribution in [-0.4, -0.2) is 15.7 Å². The molecule has 0 radical (unpaired) electrons. The summed E-state index contributed by atoms with van der Waals surface area (Å²) in [6, 6.07) is 1.94. The van der Waals surface area contributed by atoms with E-state index in [-0.39, 0.29) is 5.91 Å². The van der Waals surface area contributed by atoms with Crippen LogP contribution in [0.15, 0.2) is 12.3 Å². The Morgan fingerprint density at radius 2 is 2.17 bits per heavy atom. The van der Waals surface area contributed by atoms with E-state index in [4.69, 9.17) is 0 Å². The smallest absolute Gasteiger partial charge is 0.261 e. The number of hydrogen-bond acceptors (Lipinski definition) is 3. The maximum absolute atomic E-state index is 12.0. The van der Waals surface area contributed by atoms with Crippen LogP contribution in [0.2, 0.25) is 0 Å². The standard InChI is InChI=1S/C13H17N3OS/c1-8-5-12(18-10(8)3)13(17)14-6-11-7-15-16(4)9(11)2/h5,7H,6H2,1-4H3,(H,14,17). The van der Waals surface area contributed by atoms with E-state index in [0.717, 1.165) is 16.1 Å². The Bertz CT molecular complexity index is 564. The number of aromatic nitrogens is 2. The minimum Gasteiger partial charge on any atom is -0.347 e. The van der Waals surface area contributed by atoms with Gasteiger partial charge >= 0.3 is 0 Å². The molecule has 2 aromatic heterocycles. The predicted molar refractivity (Wildman–Crippen MR) is 72.9 cm³/mol. The molecule has 0 spiro atoms. The molecule has 0 atom stereocenters. The van der Waals surface area contributed by atoms with Gasteiger partial charge in [-0.15, -0.1) is 11.3 Å². The Labute approximate surface area is 111 Å². The van der Waals surface area contributed by atoms with Crippen LogP contribution in [0.25, 0.3) is 0 Å². The molecule has 5 heteroatoms. The highest BCUT2D eigenvalue weighted by atomic mass is 32.1. The average molecular weight is 263 g/mol. The molecule has 96 valence electrons. The predicted octanol–water partition coefficient (Wildman–Crippen LogP) is 2.34. The molecular weight excluding hydrogens is 246 g/mol. The second-order valence-corrected chi connectivity index (χ2v) is 5.67. The Morgan fingerprint density at radius 3 is 2.67 bits per heavy atom. The van der Waals surface area contributed by atoms with Gasteiger partial charge in [-0.1, -0.05) is 0 Å². The monoisotopic (exact) mass is 263 g/mol. The second kappa shape index (κ2) is 4.94. The van der Waals surface area contributed by atoms with E-state index in [9.17, 15) is 4.79 Å². The molecule has 0 unspecified atom stereocenters. The summed E-state index contributed by atoms with van der Waals surface area (Å²) in [5.74, 6) is -0.0144. The Kier molecular flexibility index (Phi) is 3.52. The molecular formula is C13H17N3OS. The molecule has 0 saturated heterocycles. The summed E-state index contributed by atoms with van der Waals surface area (Å²) in [5, 5.41) is 7.08. The third kappa shape index (κ3) is 2.46. The molecule has 0 bridgehead atoms. The molecule has 2 rings (SSSR count). The lowest BCUT2D eigenvalue weighted by Crippen LogP contribution is -2.22. The molecule has 0 saturated carbocycles. The third-order valence-electron chi connectivity index (χ3n) is 3.17. The maximum atomic E-state index is 12.0. The highest BCUT2D eigenvalue weighted by Gasteiger charge is 2.11. The molecule has 2 aromatic rings. The number of carbonyl (C=O) groups excluding carboxylic acids is 1. The zero-order chi connectivity index (χ0) is 13.3. The number of amides is 1. The number of thiophene rings is 1. The quantitative estimate of drug-likeness (QED) is 0.924. The van der Waals surface area contributed by atoms with Crippen molar-refractivity contribution >= 4 is 17.2 Å². The highest BCUT2D eigenvalue weighted by molar-refractivity contribution is 7.14. The fourth-order valence-corrected chi connectivity index (χ4v) is 2.62. The number of nitrogens with zero attached hydrogens (tertiary/aromatic N) is 2. The van der Waals surface area contributed by atoms with Crippen molar-refractivity contribution in [2.45, 2.75) is 27.3 Å². The van der Waals surface area contributed by atoms with E-state index in [1.54, 1.807) is 10.9 Å². The Hall–Kier alpha value is -1.62. The van der Waals surface area contributed by atoms with E-state index in [2.05, 4.69) is 10.4 Å². The number of carbonyl (C=O) groups is 1. The first-order valence-corrected chi connectivity index (χ1v) is 6.63. The van der Waals surface area contributed by atoms with Crippen LogP contribution in [0, 0.1) is 20.8 Å². The van der Waals surface area contributed by atoms with Crippen molar-refractivity contribution in [2.24, 2.45) is 7.05 Å². The summed E-state index contributed by atoms with van der Waals surface area (Å²) in [6.45, 7) is 6.57. The first-order valence-electron chi connectivity index (χ1n) is 5.81. The van der Waals surface area contributed by atoms with Gasteiger partial charge in [-0.3, -0.25) is 9.48 Å². The summed E-state index contributed by atoms with van der Waals surface area (Å²) >= 11 is 1.53. The molecule has 1 amide bonds. The Morgan fingerprint density at radius 1 is 1.44 bits per heavy atom. The molecule has 4 nitrogen and oxygen atoms in total. The van der Waals surface area contributed by atoms with Crippen molar-refractivity contribution in [1.29, 1.82) is 0 Å². The van der Waals surface area contributed by atoms with E-state index < -0.39 is 0 Å². The average Bonchev–Trinajstić information content (AvgIpc) is 2.83. The van der Waals surface area contributed by atoms with Crippen LogP contribution in [0.4, 0.5) is 0 Å². The van der Waals surface area contributed by atoms with Crippen LogP contribution < -0.4 is 5.32 Å². The van der Waals surface area contributed by atoms with Crippen LogP contribution in [0.1, 0.15) is 31.4 Å². The van der Waals surface area contributed by atoms with Gasteiger partial charge in [0, 0.05) is 29.7 Å². The molecule has 0 aliphatic heterocycles. The first-order chi connectivity index (χ1) is 8.49. The largest absolute Gasteiger partial charge is 0.347 e. The van der Waals surface area contributed by atoms with E-state index in [1.165, 1.54) is 21.8 Å². The van der Waals surface area contributed by atoms with Gasteiger partial charge in [0.05, 0.1) is 11.1 Å². The Balaban J connectivity index is 2.02. The minimum atomic E-state index is -0.0144. The molecule has 0 aliphatic carbocycles. The fourth-order valence-electron chi connectivity index (χ4n) is 1.67. The lowest BCUT2D eigenvalue weighted by molar-refractivity contribution is 0.0955. The number of nitrogens with one attached hydrogen (secondary N) is 1. The highest BCUT2D eigenvalue weighted by Crippen LogP contribution is 2.20. The van der Waals surface area contributed by atoms with Gasteiger partial charge in [0.2, 0.25) is 0 Å². The van der Waals surface area contributed by atoms with Crippen molar-refractivity contribution in [3.63, 3.8) is 0 Å². The van der Waals surface area contributed by atoms with Gasteiger partial charge in [0.1, 0.15) is 0 Å². The zero-order valence-electron chi connectivity index (χ0n) is 11.1. The summed E-state index contributed by atoms with van der Waals surface area (Å²) in [5.41, 5.74) is 3.30. The molecule has 18 heavy (non-hydrogen) atoms. The van der Waals surface area contributed by atoms with Gasteiger partial charge < -0.3 is 5.32 Å². The second-order valence-electron chi connectivity index (χ2n) is 4.41.